The number of rotatable bonds is 1. The van der Waals surface area contributed by atoms with Crippen LogP contribution in [0.2, 0.25) is 5.02 Å². The Labute approximate surface area is 141 Å². The minimum absolute atomic E-state index is 0.627. The molecule has 2 aromatic heterocycles. The van der Waals surface area contributed by atoms with Gasteiger partial charge in [-0.05, 0) is 24.3 Å². The van der Waals surface area contributed by atoms with Gasteiger partial charge in [0.05, 0.1) is 12.2 Å². The van der Waals surface area contributed by atoms with Gasteiger partial charge >= 0.3 is 0 Å². The maximum absolute atomic E-state index is 6.39. The van der Waals surface area contributed by atoms with Crippen molar-refractivity contribution < 1.29 is 4.42 Å². The van der Waals surface area contributed by atoms with Crippen molar-refractivity contribution in [3.8, 4) is 0 Å². The molecule has 2 nitrogen and oxygen atoms in total. The second kappa shape index (κ2) is 4.77. The lowest BCUT2D eigenvalue weighted by atomic mass is 10.1. The van der Waals surface area contributed by atoms with Gasteiger partial charge in [0.2, 0.25) is 0 Å². The normalized spacial score (nSPS) is 13.9. The molecule has 0 amide bonds. The van der Waals surface area contributed by atoms with Gasteiger partial charge in [0.15, 0.2) is 5.58 Å². The first kappa shape index (κ1) is 13.0. The van der Waals surface area contributed by atoms with Crippen LogP contribution in [0.25, 0.3) is 36.8 Å². The summed E-state index contributed by atoms with van der Waals surface area (Å²) >= 11 is 8.11. The van der Waals surface area contributed by atoms with E-state index in [1.165, 1.54) is 9.40 Å². The molecule has 2 aromatic carbocycles. The van der Waals surface area contributed by atoms with Crippen LogP contribution in [0.15, 0.2) is 59.1 Å². The van der Waals surface area contributed by atoms with Crippen molar-refractivity contribution in [1.29, 1.82) is 0 Å². The van der Waals surface area contributed by atoms with Crippen LogP contribution >= 0.6 is 22.9 Å². The van der Waals surface area contributed by atoms with Crippen molar-refractivity contribution in [2.24, 2.45) is 0 Å². The summed E-state index contributed by atoms with van der Waals surface area (Å²) in [5, 5.41) is 2.97. The molecule has 23 heavy (non-hydrogen) atoms. The van der Waals surface area contributed by atoms with Crippen molar-refractivity contribution in [1.82, 2.24) is 4.98 Å². The zero-order valence-corrected chi connectivity index (χ0v) is 13.4. The molecule has 4 aromatic rings. The zero-order valence-electron chi connectivity index (χ0n) is 11.8. The molecular weight excluding hydrogens is 326 g/mol. The SMILES string of the molecule is Clc1cccc2sc3cc4nc(C5=CC=[C+]C=C5)oc4cc3c12. The van der Waals surface area contributed by atoms with Crippen molar-refractivity contribution >= 4 is 59.8 Å². The van der Waals surface area contributed by atoms with Crippen LogP contribution in [0.5, 0.6) is 0 Å². The first-order valence-corrected chi connectivity index (χ1v) is 8.37. The Bertz CT molecular complexity index is 1180. The van der Waals surface area contributed by atoms with E-state index in [1.54, 1.807) is 11.3 Å². The maximum Gasteiger partial charge on any atom is 0.255 e. The number of thiophene rings is 1. The molecule has 0 aliphatic heterocycles. The molecule has 0 radical (unpaired) electrons. The van der Waals surface area contributed by atoms with E-state index in [0.717, 1.165) is 32.5 Å². The minimum Gasteiger partial charge on any atom is -0.434 e. The first-order valence-electron chi connectivity index (χ1n) is 7.17. The van der Waals surface area contributed by atoms with Crippen molar-refractivity contribution in [2.45, 2.75) is 0 Å². The molecule has 0 unspecified atom stereocenters. The van der Waals surface area contributed by atoms with Gasteiger partial charge in [-0.1, -0.05) is 17.7 Å². The Kier molecular flexibility index (Phi) is 2.70. The van der Waals surface area contributed by atoms with Crippen molar-refractivity contribution in [3.05, 3.63) is 71.6 Å². The average Bonchev–Trinajstić information content (AvgIpc) is 3.14. The van der Waals surface area contributed by atoms with E-state index in [1.807, 2.05) is 42.5 Å². The lowest BCUT2D eigenvalue weighted by Crippen LogP contribution is -1.81. The zero-order chi connectivity index (χ0) is 15.4. The van der Waals surface area contributed by atoms with E-state index in [4.69, 9.17) is 16.0 Å². The number of allylic oxidation sites excluding steroid dienone is 6. The maximum atomic E-state index is 6.39. The molecule has 0 atom stereocenters. The highest BCUT2D eigenvalue weighted by molar-refractivity contribution is 7.26. The molecule has 0 spiro atoms. The molecule has 0 bridgehead atoms. The second-order valence-corrected chi connectivity index (χ2v) is 6.83. The van der Waals surface area contributed by atoms with Gasteiger partial charge in [-0.25, -0.2) is 4.98 Å². The average molecular weight is 335 g/mol. The molecule has 1 aliphatic rings. The second-order valence-electron chi connectivity index (χ2n) is 5.34. The van der Waals surface area contributed by atoms with E-state index in [-0.39, 0.29) is 0 Å². The monoisotopic (exact) mass is 334 g/mol. The predicted octanol–water partition coefficient (Wildman–Crippen LogP) is 6.16. The standard InChI is InChI=1S/C19H9ClNOS/c20-13-7-4-8-16-18(13)12-9-15-14(10-17(12)23-16)21-19(22-15)11-5-2-1-3-6-11/h2-10H/q+1. The fourth-order valence-corrected chi connectivity index (χ4v) is 4.34. The summed E-state index contributed by atoms with van der Waals surface area (Å²) in [6.07, 6.45) is 10.6. The smallest absolute Gasteiger partial charge is 0.255 e. The van der Waals surface area contributed by atoms with E-state index in [9.17, 15) is 0 Å². The third-order valence-electron chi connectivity index (χ3n) is 3.92. The Balaban J connectivity index is 1.81. The van der Waals surface area contributed by atoms with E-state index >= 15 is 0 Å². The first-order chi connectivity index (χ1) is 11.3. The summed E-state index contributed by atoms with van der Waals surface area (Å²) in [4.78, 5) is 4.62. The number of aromatic nitrogens is 1. The van der Waals surface area contributed by atoms with Gasteiger partial charge in [-0.15, -0.1) is 11.3 Å². The molecule has 5 rings (SSSR count). The van der Waals surface area contributed by atoms with Gasteiger partial charge in [0.25, 0.3) is 5.89 Å². The highest BCUT2D eigenvalue weighted by atomic mass is 35.5. The lowest BCUT2D eigenvalue weighted by molar-refractivity contribution is 0.586. The highest BCUT2D eigenvalue weighted by Gasteiger charge is 2.16. The van der Waals surface area contributed by atoms with Gasteiger partial charge in [0.1, 0.15) is 23.2 Å². The summed E-state index contributed by atoms with van der Waals surface area (Å²) in [7, 11) is 0. The van der Waals surface area contributed by atoms with Crippen LogP contribution in [0.4, 0.5) is 0 Å². The molecule has 4 heteroatoms. The van der Waals surface area contributed by atoms with E-state index in [0.29, 0.717) is 5.89 Å². The number of fused-ring (bicyclic) bond motifs is 4. The molecule has 0 fully saturated rings. The summed E-state index contributed by atoms with van der Waals surface area (Å²) in [6.45, 7) is 0. The molecular formula is C19H9ClNOS+. The van der Waals surface area contributed by atoms with Crippen LogP contribution in [0, 0.1) is 6.08 Å². The predicted molar refractivity (Wildman–Crippen MR) is 96.8 cm³/mol. The number of hydrogen-bond acceptors (Lipinski definition) is 3. The third-order valence-corrected chi connectivity index (χ3v) is 5.35. The minimum atomic E-state index is 0.627. The number of hydrogen-bond donors (Lipinski definition) is 0. The van der Waals surface area contributed by atoms with E-state index < -0.39 is 0 Å². The topological polar surface area (TPSA) is 26.0 Å². The number of halogens is 1. The molecule has 108 valence electrons. The van der Waals surface area contributed by atoms with Crippen LogP contribution in [-0.2, 0) is 0 Å². The summed E-state index contributed by atoms with van der Waals surface area (Å²) < 4.78 is 8.30. The molecule has 1 aliphatic carbocycles. The van der Waals surface area contributed by atoms with Gasteiger partial charge in [-0.3, -0.25) is 0 Å². The number of benzene rings is 2. The Morgan fingerprint density at radius 3 is 3.00 bits per heavy atom. The Morgan fingerprint density at radius 2 is 2.13 bits per heavy atom. The van der Waals surface area contributed by atoms with Crippen LogP contribution < -0.4 is 0 Å². The molecule has 0 saturated heterocycles. The van der Waals surface area contributed by atoms with E-state index in [2.05, 4.69) is 23.2 Å². The van der Waals surface area contributed by atoms with Crippen molar-refractivity contribution in [2.75, 3.05) is 0 Å². The van der Waals surface area contributed by atoms with Crippen LogP contribution in [0.3, 0.4) is 0 Å². The number of nitrogens with zero attached hydrogens (tertiary/aromatic N) is 1. The molecule has 2 heterocycles. The number of oxazole rings is 1. The largest absolute Gasteiger partial charge is 0.434 e. The molecule has 0 N–H and O–H groups in total. The fourth-order valence-electron chi connectivity index (χ4n) is 2.86. The Morgan fingerprint density at radius 1 is 1.17 bits per heavy atom. The fraction of sp³-hybridized carbons (Fsp3) is 0. The van der Waals surface area contributed by atoms with Gasteiger partial charge in [-0.2, -0.15) is 0 Å². The van der Waals surface area contributed by atoms with Crippen LogP contribution in [-0.4, -0.2) is 4.98 Å². The van der Waals surface area contributed by atoms with Gasteiger partial charge < -0.3 is 4.42 Å². The lowest BCUT2D eigenvalue weighted by Gasteiger charge is -1.94. The third kappa shape index (κ3) is 1.95. The van der Waals surface area contributed by atoms with Crippen molar-refractivity contribution in [3.63, 3.8) is 0 Å². The Hall–Kier alpha value is -2.45. The molecule has 0 saturated carbocycles. The quantitative estimate of drug-likeness (QED) is 0.389. The summed E-state index contributed by atoms with van der Waals surface area (Å²) in [6, 6.07) is 10.1. The highest BCUT2D eigenvalue weighted by Crippen LogP contribution is 2.40. The summed E-state index contributed by atoms with van der Waals surface area (Å²) in [5.41, 5.74) is 2.59. The summed E-state index contributed by atoms with van der Waals surface area (Å²) in [5.74, 6) is 0.627. The van der Waals surface area contributed by atoms with Gasteiger partial charge in [0, 0.05) is 31.3 Å². The van der Waals surface area contributed by atoms with Crippen LogP contribution in [0.1, 0.15) is 5.89 Å².